The number of likely N-dealkylation sites (N-methyl/N-ethyl adjacent to an activating group) is 1. The highest BCUT2D eigenvalue weighted by molar-refractivity contribution is 7.89. The summed E-state index contributed by atoms with van der Waals surface area (Å²) in [4.78, 5) is 6.19. The first kappa shape index (κ1) is 17.9. The minimum Gasteiger partial charge on any atom is -0.383 e. The molecule has 2 N–H and O–H groups in total. The molecule has 0 aliphatic rings. The quantitative estimate of drug-likeness (QED) is 0.723. The predicted molar refractivity (Wildman–Crippen MR) is 86.0 cm³/mol. The maximum Gasteiger partial charge on any atom is 0.260 e. The van der Waals surface area contributed by atoms with Crippen molar-refractivity contribution < 1.29 is 8.42 Å². The molecule has 1 aromatic heterocycles. The van der Waals surface area contributed by atoms with Crippen molar-refractivity contribution in [3.8, 4) is 0 Å². The fourth-order valence-corrected chi connectivity index (χ4v) is 3.50. The second-order valence-electron chi connectivity index (χ2n) is 4.89. The van der Waals surface area contributed by atoms with Gasteiger partial charge in [0.05, 0.1) is 5.69 Å². The number of aromatic nitrogens is 1. The van der Waals surface area contributed by atoms with Crippen LogP contribution in [0.15, 0.2) is 23.4 Å². The molecular weight excluding hydrogens is 288 g/mol. The van der Waals surface area contributed by atoms with E-state index in [1.54, 1.807) is 12.1 Å². The normalized spacial score (nSPS) is 13.4. The zero-order valence-electron chi connectivity index (χ0n) is 13.3. The minimum atomic E-state index is -3.62. The van der Waals surface area contributed by atoms with Gasteiger partial charge in [-0.05, 0) is 39.1 Å². The van der Waals surface area contributed by atoms with Crippen LogP contribution in [0.3, 0.4) is 0 Å². The lowest BCUT2D eigenvalue weighted by Crippen LogP contribution is -2.42. The van der Waals surface area contributed by atoms with Crippen molar-refractivity contribution in [2.24, 2.45) is 0 Å². The molecular formula is C14H26N4O2S. The summed E-state index contributed by atoms with van der Waals surface area (Å²) in [5.74, 6) is 0. The van der Waals surface area contributed by atoms with Gasteiger partial charge in [0.15, 0.2) is 5.03 Å². The van der Waals surface area contributed by atoms with Crippen LogP contribution in [0.2, 0.25) is 0 Å². The number of sulfonamides is 1. The molecule has 0 amide bonds. The first-order chi connectivity index (χ1) is 9.94. The molecule has 0 saturated carbocycles. The molecule has 1 atom stereocenters. The molecule has 0 bridgehead atoms. The molecule has 0 saturated heterocycles. The number of nitrogens with one attached hydrogen (secondary N) is 2. The van der Waals surface area contributed by atoms with Gasteiger partial charge in [0.1, 0.15) is 0 Å². The maximum absolute atomic E-state index is 12.5. The summed E-state index contributed by atoms with van der Waals surface area (Å²) >= 11 is 0. The van der Waals surface area contributed by atoms with Gasteiger partial charge in [-0.1, -0.05) is 13.8 Å². The monoisotopic (exact) mass is 314 g/mol. The second-order valence-corrected chi connectivity index (χ2v) is 6.52. The van der Waals surface area contributed by atoms with Crippen LogP contribution in [-0.4, -0.2) is 50.5 Å². The van der Waals surface area contributed by atoms with Crippen LogP contribution in [0.1, 0.15) is 27.7 Å². The van der Waals surface area contributed by atoms with Crippen LogP contribution in [0.5, 0.6) is 0 Å². The summed E-state index contributed by atoms with van der Waals surface area (Å²) in [5, 5.41) is 3.08. The Morgan fingerprint density at radius 1 is 1.29 bits per heavy atom. The SMILES string of the molecule is CCNc1cccnc1S(=O)(=O)NC(C)CN(CC)CC. The molecule has 0 spiro atoms. The van der Waals surface area contributed by atoms with Gasteiger partial charge < -0.3 is 10.2 Å². The van der Waals surface area contributed by atoms with E-state index in [0.29, 0.717) is 18.8 Å². The third-order valence-electron chi connectivity index (χ3n) is 3.18. The summed E-state index contributed by atoms with van der Waals surface area (Å²) in [5.41, 5.74) is 0.530. The number of nitrogens with zero attached hydrogens (tertiary/aromatic N) is 2. The second kappa shape index (κ2) is 8.31. The smallest absolute Gasteiger partial charge is 0.260 e. The first-order valence-electron chi connectivity index (χ1n) is 7.38. The molecule has 120 valence electrons. The number of hydrogen-bond donors (Lipinski definition) is 2. The average Bonchev–Trinajstić information content (AvgIpc) is 2.45. The van der Waals surface area contributed by atoms with Crippen molar-refractivity contribution in [1.29, 1.82) is 0 Å². The van der Waals surface area contributed by atoms with Gasteiger partial charge in [-0.3, -0.25) is 0 Å². The molecule has 6 nitrogen and oxygen atoms in total. The van der Waals surface area contributed by atoms with Crippen LogP contribution >= 0.6 is 0 Å². The van der Waals surface area contributed by atoms with Gasteiger partial charge in [-0.2, -0.15) is 0 Å². The van der Waals surface area contributed by atoms with Crippen molar-refractivity contribution in [3.05, 3.63) is 18.3 Å². The molecule has 0 fully saturated rings. The molecule has 0 aromatic carbocycles. The predicted octanol–water partition coefficient (Wildman–Crippen LogP) is 1.52. The van der Waals surface area contributed by atoms with Crippen LogP contribution < -0.4 is 10.0 Å². The zero-order valence-corrected chi connectivity index (χ0v) is 14.1. The third kappa shape index (κ3) is 5.26. The Morgan fingerprint density at radius 3 is 2.52 bits per heavy atom. The van der Waals surface area contributed by atoms with E-state index in [1.165, 1.54) is 6.20 Å². The molecule has 0 radical (unpaired) electrons. The minimum absolute atomic E-state index is 0.0539. The highest BCUT2D eigenvalue weighted by Crippen LogP contribution is 2.17. The van der Waals surface area contributed by atoms with Crippen LogP contribution in [0.25, 0.3) is 0 Å². The van der Waals surface area contributed by atoms with Crippen molar-refractivity contribution in [1.82, 2.24) is 14.6 Å². The van der Waals surface area contributed by atoms with Gasteiger partial charge in [0.2, 0.25) is 0 Å². The average molecular weight is 314 g/mol. The Bertz CT molecular complexity index is 530. The van der Waals surface area contributed by atoms with E-state index in [9.17, 15) is 8.42 Å². The molecule has 0 aliphatic heterocycles. The molecule has 1 heterocycles. The van der Waals surface area contributed by atoms with E-state index >= 15 is 0 Å². The van der Waals surface area contributed by atoms with Gasteiger partial charge in [0, 0.05) is 25.3 Å². The summed E-state index contributed by atoms with van der Waals surface area (Å²) in [7, 11) is -3.62. The van der Waals surface area contributed by atoms with Crippen LogP contribution in [0, 0.1) is 0 Å². The topological polar surface area (TPSA) is 74.3 Å². The Kier molecular flexibility index (Phi) is 7.07. The van der Waals surface area contributed by atoms with E-state index in [0.717, 1.165) is 13.1 Å². The van der Waals surface area contributed by atoms with E-state index < -0.39 is 10.0 Å². The van der Waals surface area contributed by atoms with E-state index in [-0.39, 0.29) is 11.1 Å². The molecule has 1 aromatic rings. The van der Waals surface area contributed by atoms with Gasteiger partial charge in [0.25, 0.3) is 10.0 Å². The van der Waals surface area contributed by atoms with E-state index in [1.807, 2.05) is 13.8 Å². The Hall–Kier alpha value is -1.18. The zero-order chi connectivity index (χ0) is 15.9. The fraction of sp³-hybridized carbons (Fsp3) is 0.643. The summed E-state index contributed by atoms with van der Waals surface area (Å²) in [6, 6.07) is 3.27. The van der Waals surface area contributed by atoms with E-state index in [2.05, 4.69) is 33.8 Å². The lowest BCUT2D eigenvalue weighted by atomic mass is 10.3. The van der Waals surface area contributed by atoms with E-state index in [4.69, 9.17) is 0 Å². The Labute approximate surface area is 128 Å². The van der Waals surface area contributed by atoms with Crippen molar-refractivity contribution in [2.75, 3.05) is 31.5 Å². The van der Waals surface area contributed by atoms with Gasteiger partial charge in [-0.25, -0.2) is 18.1 Å². The molecule has 21 heavy (non-hydrogen) atoms. The van der Waals surface area contributed by atoms with Gasteiger partial charge >= 0.3 is 0 Å². The highest BCUT2D eigenvalue weighted by Gasteiger charge is 2.22. The lowest BCUT2D eigenvalue weighted by Gasteiger charge is -2.23. The summed E-state index contributed by atoms with van der Waals surface area (Å²) < 4.78 is 27.6. The lowest BCUT2D eigenvalue weighted by molar-refractivity contribution is 0.282. The Morgan fingerprint density at radius 2 is 1.95 bits per heavy atom. The van der Waals surface area contributed by atoms with Crippen molar-refractivity contribution in [3.63, 3.8) is 0 Å². The highest BCUT2D eigenvalue weighted by atomic mass is 32.2. The summed E-state index contributed by atoms with van der Waals surface area (Å²) in [6.45, 7) is 11.0. The molecule has 0 aliphatic carbocycles. The number of rotatable bonds is 9. The maximum atomic E-state index is 12.5. The standard InChI is InChI=1S/C14H26N4O2S/c1-5-15-13-9-8-10-16-14(13)21(19,20)17-12(4)11-18(6-2)7-3/h8-10,12,15,17H,5-7,11H2,1-4H3. The number of anilines is 1. The van der Waals surface area contributed by atoms with Crippen molar-refractivity contribution in [2.45, 2.75) is 38.8 Å². The van der Waals surface area contributed by atoms with Crippen molar-refractivity contribution >= 4 is 15.7 Å². The first-order valence-corrected chi connectivity index (χ1v) is 8.86. The third-order valence-corrected chi connectivity index (χ3v) is 4.72. The Balaban J connectivity index is 2.86. The molecule has 1 unspecified atom stereocenters. The number of pyridine rings is 1. The molecule has 1 rings (SSSR count). The fourth-order valence-electron chi connectivity index (χ4n) is 2.16. The van der Waals surface area contributed by atoms with Gasteiger partial charge in [-0.15, -0.1) is 0 Å². The van der Waals surface area contributed by atoms with Crippen LogP contribution in [-0.2, 0) is 10.0 Å². The number of hydrogen-bond acceptors (Lipinski definition) is 5. The molecule has 7 heteroatoms. The summed E-state index contributed by atoms with van der Waals surface area (Å²) in [6.07, 6.45) is 1.49. The van der Waals surface area contributed by atoms with Crippen LogP contribution in [0.4, 0.5) is 5.69 Å². The largest absolute Gasteiger partial charge is 0.383 e.